The number of rotatable bonds is 3. The maximum absolute atomic E-state index is 12.1. The summed E-state index contributed by atoms with van der Waals surface area (Å²) < 4.78 is 5.63. The lowest BCUT2D eigenvalue weighted by molar-refractivity contribution is -0.118. The molecular formula is C14H20N2O2. The number of nitrogens with zero attached hydrogens (tertiary/aromatic N) is 1. The van der Waals surface area contributed by atoms with E-state index in [9.17, 15) is 4.79 Å². The van der Waals surface area contributed by atoms with Crippen LogP contribution in [0.2, 0.25) is 0 Å². The standard InChI is InChI=1S/C14H20N2O2/c1-3-7-16-12-9-11(10(2)15)4-5-13(12)18-8-6-14(16)17/h4-5,9-10H,3,6-8,15H2,1-2H3. The summed E-state index contributed by atoms with van der Waals surface area (Å²) in [5, 5.41) is 0. The van der Waals surface area contributed by atoms with Gasteiger partial charge in [0.15, 0.2) is 0 Å². The molecule has 0 saturated carbocycles. The van der Waals surface area contributed by atoms with E-state index in [4.69, 9.17) is 10.5 Å². The van der Waals surface area contributed by atoms with Crippen molar-refractivity contribution in [2.45, 2.75) is 32.7 Å². The number of carbonyl (C=O) groups is 1. The molecule has 0 aromatic heterocycles. The largest absolute Gasteiger partial charge is 0.491 e. The monoisotopic (exact) mass is 248 g/mol. The summed E-state index contributed by atoms with van der Waals surface area (Å²) in [5.41, 5.74) is 7.77. The molecule has 1 atom stereocenters. The van der Waals surface area contributed by atoms with Gasteiger partial charge in [-0.15, -0.1) is 0 Å². The van der Waals surface area contributed by atoms with Gasteiger partial charge in [0, 0.05) is 12.6 Å². The molecular weight excluding hydrogens is 228 g/mol. The van der Waals surface area contributed by atoms with Gasteiger partial charge >= 0.3 is 0 Å². The van der Waals surface area contributed by atoms with Gasteiger partial charge in [0.1, 0.15) is 5.75 Å². The zero-order chi connectivity index (χ0) is 13.1. The van der Waals surface area contributed by atoms with Crippen molar-refractivity contribution in [3.63, 3.8) is 0 Å². The molecule has 0 bridgehead atoms. The van der Waals surface area contributed by atoms with Gasteiger partial charge in [0.25, 0.3) is 0 Å². The Bertz CT molecular complexity index is 443. The van der Waals surface area contributed by atoms with Crippen molar-refractivity contribution in [3.05, 3.63) is 23.8 Å². The van der Waals surface area contributed by atoms with Crippen molar-refractivity contribution in [1.82, 2.24) is 0 Å². The minimum absolute atomic E-state index is 0.0443. The number of fused-ring (bicyclic) bond motifs is 1. The molecule has 1 heterocycles. The van der Waals surface area contributed by atoms with E-state index in [1.807, 2.05) is 30.0 Å². The van der Waals surface area contributed by atoms with E-state index in [-0.39, 0.29) is 11.9 Å². The third kappa shape index (κ3) is 2.48. The van der Waals surface area contributed by atoms with E-state index in [0.717, 1.165) is 30.0 Å². The Labute approximate surface area is 108 Å². The molecule has 98 valence electrons. The predicted molar refractivity (Wildman–Crippen MR) is 71.8 cm³/mol. The second-order valence-corrected chi connectivity index (χ2v) is 4.66. The normalized spacial score (nSPS) is 16.8. The summed E-state index contributed by atoms with van der Waals surface area (Å²) in [6, 6.07) is 5.80. The van der Waals surface area contributed by atoms with E-state index in [1.165, 1.54) is 0 Å². The first-order valence-electron chi connectivity index (χ1n) is 6.46. The predicted octanol–water partition coefficient (Wildman–Crippen LogP) is 2.23. The van der Waals surface area contributed by atoms with Crippen LogP contribution in [0.5, 0.6) is 5.75 Å². The first-order valence-corrected chi connectivity index (χ1v) is 6.46. The number of nitrogens with two attached hydrogens (primary N) is 1. The fourth-order valence-electron chi connectivity index (χ4n) is 2.14. The number of ether oxygens (including phenoxy) is 1. The van der Waals surface area contributed by atoms with E-state index in [1.54, 1.807) is 0 Å². The summed E-state index contributed by atoms with van der Waals surface area (Å²) in [4.78, 5) is 13.9. The highest BCUT2D eigenvalue weighted by Gasteiger charge is 2.23. The van der Waals surface area contributed by atoms with Gasteiger partial charge in [0.2, 0.25) is 5.91 Å². The Balaban J connectivity index is 2.44. The quantitative estimate of drug-likeness (QED) is 0.892. The van der Waals surface area contributed by atoms with Crippen LogP contribution >= 0.6 is 0 Å². The first kappa shape index (κ1) is 12.9. The number of hydrogen-bond donors (Lipinski definition) is 1. The minimum Gasteiger partial charge on any atom is -0.491 e. The van der Waals surface area contributed by atoms with E-state index in [0.29, 0.717) is 13.0 Å². The van der Waals surface area contributed by atoms with Gasteiger partial charge in [-0.2, -0.15) is 0 Å². The molecule has 1 unspecified atom stereocenters. The van der Waals surface area contributed by atoms with Gasteiger partial charge in [-0.05, 0) is 31.0 Å². The van der Waals surface area contributed by atoms with Crippen molar-refractivity contribution in [3.8, 4) is 5.75 Å². The minimum atomic E-state index is -0.0443. The fourth-order valence-corrected chi connectivity index (χ4v) is 2.14. The third-order valence-electron chi connectivity index (χ3n) is 3.12. The maximum atomic E-state index is 12.1. The lowest BCUT2D eigenvalue weighted by Crippen LogP contribution is -2.31. The van der Waals surface area contributed by atoms with Crippen LogP contribution in [0.25, 0.3) is 0 Å². The molecule has 1 aromatic rings. The summed E-state index contributed by atoms with van der Waals surface area (Å²) in [7, 11) is 0. The second kappa shape index (κ2) is 5.40. The number of hydrogen-bond acceptors (Lipinski definition) is 3. The maximum Gasteiger partial charge on any atom is 0.230 e. The van der Waals surface area contributed by atoms with Crippen LogP contribution < -0.4 is 15.4 Å². The van der Waals surface area contributed by atoms with Crippen molar-refractivity contribution in [1.29, 1.82) is 0 Å². The highest BCUT2D eigenvalue weighted by Crippen LogP contribution is 2.33. The molecule has 1 amide bonds. The van der Waals surface area contributed by atoms with Crippen LogP contribution in [-0.2, 0) is 4.79 Å². The lowest BCUT2D eigenvalue weighted by Gasteiger charge is -2.22. The number of anilines is 1. The zero-order valence-electron chi connectivity index (χ0n) is 11.0. The fraction of sp³-hybridized carbons (Fsp3) is 0.500. The molecule has 4 heteroatoms. The van der Waals surface area contributed by atoms with E-state index < -0.39 is 0 Å². The van der Waals surface area contributed by atoms with Gasteiger partial charge in [-0.1, -0.05) is 13.0 Å². The average molecular weight is 248 g/mol. The second-order valence-electron chi connectivity index (χ2n) is 4.66. The molecule has 0 radical (unpaired) electrons. The Hall–Kier alpha value is -1.55. The molecule has 0 spiro atoms. The molecule has 1 aliphatic heterocycles. The Morgan fingerprint density at radius 1 is 1.50 bits per heavy atom. The van der Waals surface area contributed by atoms with Gasteiger partial charge in [0.05, 0.1) is 18.7 Å². The van der Waals surface area contributed by atoms with Crippen LogP contribution in [0.4, 0.5) is 5.69 Å². The topological polar surface area (TPSA) is 55.6 Å². The van der Waals surface area contributed by atoms with Crippen molar-refractivity contribution in [2.75, 3.05) is 18.1 Å². The summed E-state index contributed by atoms with van der Waals surface area (Å²) in [5.74, 6) is 0.899. The van der Waals surface area contributed by atoms with Crippen molar-refractivity contribution in [2.24, 2.45) is 5.73 Å². The molecule has 18 heavy (non-hydrogen) atoms. The van der Waals surface area contributed by atoms with Crippen molar-refractivity contribution >= 4 is 11.6 Å². The van der Waals surface area contributed by atoms with Crippen LogP contribution in [-0.4, -0.2) is 19.1 Å². The molecule has 2 N–H and O–H groups in total. The highest BCUT2D eigenvalue weighted by molar-refractivity contribution is 5.95. The molecule has 4 nitrogen and oxygen atoms in total. The number of carbonyl (C=O) groups excluding carboxylic acids is 1. The average Bonchev–Trinajstić information content (AvgIpc) is 2.50. The van der Waals surface area contributed by atoms with E-state index >= 15 is 0 Å². The zero-order valence-corrected chi connectivity index (χ0v) is 11.0. The lowest BCUT2D eigenvalue weighted by atomic mass is 10.1. The molecule has 0 aliphatic carbocycles. The number of benzene rings is 1. The van der Waals surface area contributed by atoms with Crippen molar-refractivity contribution < 1.29 is 9.53 Å². The molecule has 2 rings (SSSR count). The molecule has 0 saturated heterocycles. The summed E-state index contributed by atoms with van der Waals surface area (Å²) in [6.45, 7) is 5.17. The van der Waals surface area contributed by atoms with Gasteiger partial charge in [-0.3, -0.25) is 4.79 Å². The van der Waals surface area contributed by atoms with Crippen LogP contribution in [0.3, 0.4) is 0 Å². The first-order chi connectivity index (χ1) is 8.63. The van der Waals surface area contributed by atoms with E-state index in [2.05, 4.69) is 6.92 Å². The number of amides is 1. The van der Waals surface area contributed by atoms with Crippen LogP contribution in [0.1, 0.15) is 38.3 Å². The SMILES string of the molecule is CCCN1C(=O)CCOc2ccc(C(C)N)cc21. The Morgan fingerprint density at radius 3 is 2.94 bits per heavy atom. The highest BCUT2D eigenvalue weighted by atomic mass is 16.5. The molecule has 1 aromatic carbocycles. The smallest absolute Gasteiger partial charge is 0.230 e. The summed E-state index contributed by atoms with van der Waals surface area (Å²) in [6.07, 6.45) is 1.36. The van der Waals surface area contributed by atoms with Crippen LogP contribution in [0.15, 0.2) is 18.2 Å². The Kier molecular flexibility index (Phi) is 3.87. The van der Waals surface area contributed by atoms with Crippen LogP contribution in [0, 0.1) is 0 Å². The Morgan fingerprint density at radius 2 is 2.28 bits per heavy atom. The summed E-state index contributed by atoms with van der Waals surface area (Å²) >= 11 is 0. The van der Waals surface area contributed by atoms with Gasteiger partial charge < -0.3 is 15.4 Å². The molecule has 0 fully saturated rings. The van der Waals surface area contributed by atoms with Gasteiger partial charge in [-0.25, -0.2) is 0 Å². The molecule has 1 aliphatic rings. The third-order valence-corrected chi connectivity index (χ3v) is 3.12.